The maximum Gasteiger partial charge on any atom is 0.225 e. The van der Waals surface area contributed by atoms with Crippen molar-refractivity contribution in [1.82, 2.24) is 4.98 Å². The Balaban J connectivity index is 2.36. The smallest absolute Gasteiger partial charge is 0.225 e. The molecule has 0 aliphatic carbocycles. The van der Waals surface area contributed by atoms with Gasteiger partial charge >= 0.3 is 0 Å². The molecular formula is C15H15NO2. The number of para-hydroxylation sites is 1. The molecule has 0 radical (unpaired) electrons. The molecule has 0 aliphatic rings. The molecule has 0 saturated carbocycles. The Morgan fingerprint density at radius 1 is 1.33 bits per heavy atom. The zero-order chi connectivity index (χ0) is 13.0. The predicted molar refractivity (Wildman–Crippen MR) is 72.1 cm³/mol. The van der Waals surface area contributed by atoms with Crippen LogP contribution in [0.5, 0.6) is 5.88 Å². The van der Waals surface area contributed by atoms with Gasteiger partial charge in [0.05, 0.1) is 11.1 Å². The van der Waals surface area contributed by atoms with Gasteiger partial charge in [0.15, 0.2) is 6.29 Å². The van der Waals surface area contributed by atoms with Crippen LogP contribution in [0.1, 0.15) is 24.2 Å². The number of nitrogens with zero attached hydrogens (tertiary/aromatic N) is 1. The Labute approximate surface area is 106 Å². The molecule has 1 aromatic carbocycles. The van der Waals surface area contributed by atoms with Crippen LogP contribution in [0.25, 0.3) is 10.9 Å². The maximum atomic E-state index is 11.0. The summed E-state index contributed by atoms with van der Waals surface area (Å²) in [4.78, 5) is 15.4. The van der Waals surface area contributed by atoms with Crippen molar-refractivity contribution in [2.75, 3.05) is 6.61 Å². The Morgan fingerprint density at radius 2 is 2.11 bits per heavy atom. The highest BCUT2D eigenvalue weighted by Crippen LogP contribution is 2.20. The summed E-state index contributed by atoms with van der Waals surface area (Å²) in [7, 11) is 0. The van der Waals surface area contributed by atoms with Crippen LogP contribution in [0.3, 0.4) is 0 Å². The van der Waals surface area contributed by atoms with Crippen LogP contribution < -0.4 is 4.74 Å². The van der Waals surface area contributed by atoms with E-state index in [4.69, 9.17) is 4.74 Å². The summed E-state index contributed by atoms with van der Waals surface area (Å²) in [5.41, 5.74) is 2.48. The zero-order valence-electron chi connectivity index (χ0n) is 10.5. The average molecular weight is 241 g/mol. The van der Waals surface area contributed by atoms with Crippen LogP contribution in [0.4, 0.5) is 0 Å². The van der Waals surface area contributed by atoms with Gasteiger partial charge in [0.2, 0.25) is 5.88 Å². The number of hydrogen-bond donors (Lipinski definition) is 0. The molecule has 0 spiro atoms. The third kappa shape index (κ3) is 2.74. The second-order valence-corrected chi connectivity index (χ2v) is 4.29. The number of aromatic nitrogens is 1. The third-order valence-electron chi connectivity index (χ3n) is 2.56. The van der Waals surface area contributed by atoms with E-state index in [1.807, 2.05) is 44.2 Å². The molecule has 0 amide bonds. The lowest BCUT2D eigenvalue weighted by atomic mass is 10.1. The van der Waals surface area contributed by atoms with Crippen LogP contribution in [0.15, 0.2) is 42.0 Å². The Kier molecular flexibility index (Phi) is 3.72. The first-order chi connectivity index (χ1) is 8.70. The highest BCUT2D eigenvalue weighted by molar-refractivity contribution is 5.88. The maximum absolute atomic E-state index is 11.0. The number of carbonyl (C=O) groups is 1. The molecule has 0 saturated heterocycles. The summed E-state index contributed by atoms with van der Waals surface area (Å²) < 4.78 is 5.53. The minimum absolute atomic E-state index is 0.390. The number of fused-ring (bicyclic) bond motifs is 1. The van der Waals surface area contributed by atoms with Crippen LogP contribution >= 0.6 is 0 Å². The minimum Gasteiger partial charge on any atom is -0.473 e. The lowest BCUT2D eigenvalue weighted by Gasteiger charge is -2.07. The molecule has 0 bridgehead atoms. The Hall–Kier alpha value is -2.16. The number of carbonyl (C=O) groups excluding carboxylic acids is 1. The molecular weight excluding hydrogens is 226 g/mol. The number of rotatable bonds is 4. The second kappa shape index (κ2) is 5.45. The van der Waals surface area contributed by atoms with Crippen molar-refractivity contribution in [2.24, 2.45) is 0 Å². The van der Waals surface area contributed by atoms with E-state index in [1.165, 1.54) is 5.57 Å². The molecule has 2 rings (SSSR count). The zero-order valence-corrected chi connectivity index (χ0v) is 10.5. The van der Waals surface area contributed by atoms with E-state index < -0.39 is 0 Å². The molecule has 0 unspecified atom stereocenters. The van der Waals surface area contributed by atoms with Crippen molar-refractivity contribution in [3.05, 3.63) is 47.5 Å². The number of ether oxygens (including phenoxy) is 1. The van der Waals surface area contributed by atoms with E-state index >= 15 is 0 Å². The predicted octanol–water partition coefficient (Wildman–Crippen LogP) is 3.39. The molecule has 1 aromatic heterocycles. The van der Waals surface area contributed by atoms with Crippen LogP contribution in [0, 0.1) is 0 Å². The van der Waals surface area contributed by atoms with E-state index in [0.29, 0.717) is 18.1 Å². The number of benzene rings is 1. The number of aldehydes is 1. The van der Waals surface area contributed by atoms with Crippen molar-refractivity contribution in [1.29, 1.82) is 0 Å². The molecule has 0 fully saturated rings. The van der Waals surface area contributed by atoms with E-state index in [2.05, 4.69) is 4.98 Å². The standard InChI is InChI=1S/C15H15NO2/c1-11(2)7-8-18-15-13(10-17)9-12-5-3-4-6-14(12)16-15/h3-7,9-10H,8H2,1-2H3. The van der Waals surface area contributed by atoms with E-state index in [0.717, 1.165) is 17.2 Å². The average Bonchev–Trinajstić information content (AvgIpc) is 2.37. The minimum atomic E-state index is 0.390. The van der Waals surface area contributed by atoms with Crippen molar-refractivity contribution in [2.45, 2.75) is 13.8 Å². The summed E-state index contributed by atoms with van der Waals surface area (Å²) in [6.07, 6.45) is 2.72. The molecule has 1 heterocycles. The van der Waals surface area contributed by atoms with Crippen LogP contribution in [0.2, 0.25) is 0 Å². The van der Waals surface area contributed by atoms with Crippen molar-refractivity contribution in [3.8, 4) is 5.88 Å². The summed E-state index contributed by atoms with van der Waals surface area (Å²) in [6, 6.07) is 9.46. The molecule has 3 heteroatoms. The van der Waals surface area contributed by atoms with Gasteiger partial charge in [-0.1, -0.05) is 23.8 Å². The van der Waals surface area contributed by atoms with Gasteiger partial charge in [-0.15, -0.1) is 0 Å². The van der Waals surface area contributed by atoms with Gasteiger partial charge in [-0.05, 0) is 32.1 Å². The van der Waals surface area contributed by atoms with Crippen molar-refractivity contribution in [3.63, 3.8) is 0 Å². The number of hydrogen-bond acceptors (Lipinski definition) is 3. The normalized spacial score (nSPS) is 10.1. The number of allylic oxidation sites excluding steroid dienone is 1. The van der Waals surface area contributed by atoms with Gasteiger partial charge in [-0.3, -0.25) is 4.79 Å². The monoisotopic (exact) mass is 241 g/mol. The number of pyridine rings is 1. The molecule has 0 atom stereocenters. The molecule has 18 heavy (non-hydrogen) atoms. The van der Waals surface area contributed by atoms with E-state index in [1.54, 1.807) is 6.07 Å². The molecule has 0 N–H and O–H groups in total. The fourth-order valence-electron chi connectivity index (χ4n) is 1.60. The van der Waals surface area contributed by atoms with E-state index in [9.17, 15) is 4.79 Å². The first-order valence-electron chi connectivity index (χ1n) is 5.82. The fourth-order valence-corrected chi connectivity index (χ4v) is 1.60. The van der Waals surface area contributed by atoms with Gasteiger partial charge < -0.3 is 4.74 Å². The summed E-state index contributed by atoms with van der Waals surface area (Å²) in [5.74, 6) is 0.390. The largest absolute Gasteiger partial charge is 0.473 e. The fraction of sp³-hybridized carbons (Fsp3) is 0.200. The second-order valence-electron chi connectivity index (χ2n) is 4.29. The van der Waals surface area contributed by atoms with Gasteiger partial charge in [0.1, 0.15) is 6.61 Å². The van der Waals surface area contributed by atoms with Gasteiger partial charge in [-0.2, -0.15) is 0 Å². The molecule has 92 valence electrons. The summed E-state index contributed by atoms with van der Waals surface area (Å²) in [5, 5.41) is 0.939. The highest BCUT2D eigenvalue weighted by Gasteiger charge is 2.06. The van der Waals surface area contributed by atoms with E-state index in [-0.39, 0.29) is 0 Å². The first kappa shape index (κ1) is 12.3. The highest BCUT2D eigenvalue weighted by atomic mass is 16.5. The van der Waals surface area contributed by atoms with Gasteiger partial charge in [0, 0.05) is 5.39 Å². The Morgan fingerprint density at radius 3 is 2.83 bits per heavy atom. The lowest BCUT2D eigenvalue weighted by Crippen LogP contribution is -2.00. The van der Waals surface area contributed by atoms with Crippen LogP contribution in [-0.2, 0) is 0 Å². The first-order valence-corrected chi connectivity index (χ1v) is 5.82. The Bertz CT molecular complexity index is 598. The summed E-state index contributed by atoms with van der Waals surface area (Å²) >= 11 is 0. The van der Waals surface area contributed by atoms with Gasteiger partial charge in [-0.25, -0.2) is 4.98 Å². The quantitative estimate of drug-likeness (QED) is 0.608. The topological polar surface area (TPSA) is 39.2 Å². The molecule has 3 nitrogen and oxygen atoms in total. The third-order valence-corrected chi connectivity index (χ3v) is 2.56. The molecule has 0 aliphatic heterocycles. The molecule has 2 aromatic rings. The van der Waals surface area contributed by atoms with Crippen molar-refractivity contribution >= 4 is 17.2 Å². The van der Waals surface area contributed by atoms with Crippen molar-refractivity contribution < 1.29 is 9.53 Å². The summed E-state index contributed by atoms with van der Waals surface area (Å²) in [6.45, 7) is 4.42. The van der Waals surface area contributed by atoms with Crippen LogP contribution in [-0.4, -0.2) is 17.9 Å². The van der Waals surface area contributed by atoms with Gasteiger partial charge in [0.25, 0.3) is 0 Å². The lowest BCUT2D eigenvalue weighted by molar-refractivity contribution is 0.111. The SMILES string of the molecule is CC(C)=CCOc1nc2ccccc2cc1C=O.